The van der Waals surface area contributed by atoms with Crippen LogP contribution in [-0.2, 0) is 16.0 Å². The molecule has 9 N–H and O–H groups in total. The molecule has 48 heavy (non-hydrogen) atoms. The van der Waals surface area contributed by atoms with Gasteiger partial charge < -0.3 is 36.7 Å². The van der Waals surface area contributed by atoms with Gasteiger partial charge in [0.05, 0.1) is 23.6 Å². The lowest BCUT2D eigenvalue weighted by Gasteiger charge is -2.23. The van der Waals surface area contributed by atoms with Crippen molar-refractivity contribution in [3.63, 3.8) is 0 Å². The van der Waals surface area contributed by atoms with Crippen molar-refractivity contribution in [2.75, 3.05) is 12.4 Å². The molecule has 1 aromatic heterocycles. The number of carbonyl (C=O) groups is 2. The van der Waals surface area contributed by atoms with Crippen LogP contribution in [0.3, 0.4) is 0 Å². The van der Waals surface area contributed by atoms with Gasteiger partial charge in [0.15, 0.2) is 0 Å². The van der Waals surface area contributed by atoms with E-state index in [-0.39, 0.29) is 23.7 Å². The molecule has 4 aromatic rings. The van der Waals surface area contributed by atoms with Crippen LogP contribution in [0.4, 0.5) is 11.4 Å². The average Bonchev–Trinajstić information content (AvgIpc) is 3.60. The molecule has 11 nitrogen and oxygen atoms in total. The van der Waals surface area contributed by atoms with Crippen LogP contribution in [0.25, 0.3) is 17.3 Å². The molecule has 0 spiro atoms. The first kappa shape index (κ1) is 37.5. The van der Waals surface area contributed by atoms with Gasteiger partial charge in [-0.15, -0.1) is 0 Å². The van der Waals surface area contributed by atoms with Gasteiger partial charge in [-0.2, -0.15) is 0 Å². The number of imidazole rings is 1. The maximum absolute atomic E-state index is 13.1. The number of halogens is 1. The normalized spacial score (nSPS) is 15.8. The second kappa shape index (κ2) is 20.3. The molecule has 1 aliphatic heterocycles. The number of aromatic hydroxyl groups is 1. The van der Waals surface area contributed by atoms with Crippen molar-refractivity contribution < 1.29 is 14.7 Å². The highest BCUT2D eigenvalue weighted by molar-refractivity contribution is 6.30. The number of aliphatic imine (C=N–C) groups is 1. The number of nitrogens with one attached hydrogen (secondary N) is 4. The summed E-state index contributed by atoms with van der Waals surface area (Å²) in [6.45, 7) is 2.00. The summed E-state index contributed by atoms with van der Waals surface area (Å²) < 4.78 is 0. The van der Waals surface area contributed by atoms with Crippen molar-refractivity contribution >= 4 is 48.1 Å². The predicted octanol–water partition coefficient (Wildman–Crippen LogP) is 6.20. The number of carbonyl (C=O) groups excluding carboxylic acids is 2. The molecule has 12 heteroatoms. The van der Waals surface area contributed by atoms with Crippen LogP contribution in [0, 0.1) is 0 Å². The molecule has 1 aliphatic rings. The number of hydrogen-bond acceptors (Lipinski definition) is 8. The van der Waals surface area contributed by atoms with Crippen molar-refractivity contribution in [2.45, 2.75) is 57.0 Å². The fraction of sp³-hybridized carbons (Fsp3) is 0.278. The van der Waals surface area contributed by atoms with Gasteiger partial charge in [-0.25, -0.2) is 15.8 Å². The van der Waals surface area contributed by atoms with Crippen molar-refractivity contribution in [1.29, 1.82) is 0 Å². The first-order valence-corrected chi connectivity index (χ1v) is 16.2. The molecular weight excluding hydrogens is 628 g/mol. The summed E-state index contributed by atoms with van der Waals surface area (Å²) in [6.07, 6.45) is 13.0. The summed E-state index contributed by atoms with van der Waals surface area (Å²) in [5.74, 6) is 5.95. The van der Waals surface area contributed by atoms with E-state index >= 15 is 0 Å². The van der Waals surface area contributed by atoms with E-state index in [1.807, 2.05) is 18.9 Å². The van der Waals surface area contributed by atoms with Crippen LogP contribution < -0.4 is 27.6 Å². The lowest BCUT2D eigenvalue weighted by Crippen LogP contribution is -2.28. The van der Waals surface area contributed by atoms with Gasteiger partial charge in [0, 0.05) is 40.0 Å². The van der Waals surface area contributed by atoms with Crippen molar-refractivity contribution in [1.82, 2.24) is 20.7 Å². The number of nitrogens with two attached hydrogens (primary N) is 2. The van der Waals surface area contributed by atoms with Crippen LogP contribution in [0.1, 0.15) is 61.5 Å². The zero-order valence-electron chi connectivity index (χ0n) is 27.2. The number of hydrazine groups is 1. The number of hydrogen-bond donors (Lipinski definition) is 7. The van der Waals surface area contributed by atoms with Crippen molar-refractivity contribution in [2.24, 2.45) is 16.6 Å². The third kappa shape index (κ3) is 11.4. The molecule has 254 valence electrons. The quantitative estimate of drug-likeness (QED) is 0.0360. The minimum atomic E-state index is -0.302. The molecule has 1 amide bonds. The second-order valence-corrected chi connectivity index (χ2v) is 11.4. The smallest absolute Gasteiger partial charge is 0.244 e. The number of fused-ring (bicyclic) bond motifs is 4. The Morgan fingerprint density at radius 2 is 1.88 bits per heavy atom. The Kier molecular flexibility index (Phi) is 15.9. The van der Waals surface area contributed by atoms with Gasteiger partial charge in [0.1, 0.15) is 24.7 Å². The number of H-pyrrole nitrogens is 1. The molecule has 3 aromatic carbocycles. The summed E-state index contributed by atoms with van der Waals surface area (Å²) in [5, 5.41) is 17.7. The van der Waals surface area contributed by atoms with Crippen LogP contribution >= 0.6 is 11.6 Å². The van der Waals surface area contributed by atoms with Crippen molar-refractivity contribution in [3.8, 4) is 17.0 Å². The Bertz CT molecular complexity index is 1630. The fourth-order valence-corrected chi connectivity index (χ4v) is 5.71. The number of nitrogens with zero attached hydrogens (tertiary/aromatic N) is 2. The van der Waals surface area contributed by atoms with E-state index in [0.717, 1.165) is 61.9 Å². The Balaban J connectivity index is 0.00000151. The number of amides is 1. The number of phenolic OH excluding ortho intramolecular Hbond substituents is 1. The minimum Gasteiger partial charge on any atom is -0.508 e. The number of aromatic amines is 1. The Hall–Kier alpha value is -4.97. The average molecular weight is 673 g/mol. The molecule has 2 heterocycles. The topological polar surface area (TPSA) is 184 Å². The molecule has 5 rings (SSSR count). The van der Waals surface area contributed by atoms with E-state index in [1.54, 1.807) is 42.6 Å². The van der Waals surface area contributed by atoms with Crippen LogP contribution in [0.5, 0.6) is 5.75 Å². The van der Waals surface area contributed by atoms with E-state index < -0.39 is 0 Å². The lowest BCUT2D eigenvalue weighted by molar-refractivity contribution is -0.117. The maximum atomic E-state index is 13.1. The first-order chi connectivity index (χ1) is 23.5. The summed E-state index contributed by atoms with van der Waals surface area (Å²) >= 11 is 6.19. The number of phenols is 1. The van der Waals surface area contributed by atoms with E-state index in [1.165, 1.54) is 25.0 Å². The highest BCUT2D eigenvalue weighted by Gasteiger charge is 2.21. The van der Waals surface area contributed by atoms with Crippen LogP contribution in [0.2, 0.25) is 5.02 Å². The number of anilines is 1. The van der Waals surface area contributed by atoms with Crippen LogP contribution in [-0.4, -0.2) is 47.2 Å². The number of rotatable bonds is 9. The zero-order valence-corrected chi connectivity index (χ0v) is 27.9. The van der Waals surface area contributed by atoms with Gasteiger partial charge in [-0.1, -0.05) is 54.8 Å². The molecule has 0 fully saturated rings. The highest BCUT2D eigenvalue weighted by Crippen LogP contribution is 2.34. The summed E-state index contributed by atoms with van der Waals surface area (Å²) in [5.41, 5.74) is 12.1. The number of aromatic nitrogens is 2. The van der Waals surface area contributed by atoms with Crippen LogP contribution in [0.15, 0.2) is 84.0 Å². The molecule has 0 saturated carbocycles. The molecule has 0 radical (unpaired) electrons. The number of benzene rings is 3. The molecular formula is C36H45ClN8O3. The summed E-state index contributed by atoms with van der Waals surface area (Å²) in [6, 6.07) is 21.0. The monoisotopic (exact) mass is 672 g/mol. The van der Waals surface area contributed by atoms with Gasteiger partial charge in [-0.05, 0) is 81.1 Å². The lowest BCUT2D eigenvalue weighted by atomic mass is 9.98. The van der Waals surface area contributed by atoms with Gasteiger partial charge >= 0.3 is 0 Å². The second-order valence-electron chi connectivity index (χ2n) is 10.9. The number of aryl methyl sites for hydroxylation is 1. The third-order valence-corrected chi connectivity index (χ3v) is 7.97. The van der Waals surface area contributed by atoms with E-state index in [2.05, 4.69) is 61.0 Å². The summed E-state index contributed by atoms with van der Waals surface area (Å²) in [4.78, 5) is 33.5. The van der Waals surface area contributed by atoms with E-state index in [4.69, 9.17) is 22.2 Å². The Morgan fingerprint density at radius 1 is 1.10 bits per heavy atom. The standard InChI is InChI=1S/C34H38ClN7O2.CH5N.CH2O/c35-25-14-17-29(38-22-39-36)24(19-25)13-18-33(44)41-30-12-5-4-10-26(11-6-9-23-7-2-1-3-8-23)40-31-20-27(43)15-16-28(31)32-21-37-34(30)42-32;2*1-2/h1-3,7-8,13-22,26,30,40,43H,4-6,9-12,36H2,(H,37,42)(H,38,39)(H,41,44);2H2,1H3;1H2/b18-13+;;/t26?,30-;;/m0../s1. The van der Waals surface area contributed by atoms with Crippen molar-refractivity contribution in [3.05, 3.63) is 101 Å². The molecule has 1 unspecified atom stereocenters. The SMILES string of the molecule is C=O.CN.NNC=Nc1ccc(Cl)cc1/C=C/C(=O)N[C@H]1CCCCC(CCCc2ccccc2)Nc2cc(O)ccc2-c2cnc1[nH]2. The predicted molar refractivity (Wildman–Crippen MR) is 195 cm³/mol. The molecule has 0 saturated heterocycles. The zero-order chi connectivity index (χ0) is 34.7. The molecule has 2 bridgehead atoms. The minimum absolute atomic E-state index is 0.205. The van der Waals surface area contributed by atoms with Gasteiger partial charge in [0.2, 0.25) is 5.91 Å². The third-order valence-electron chi connectivity index (χ3n) is 7.73. The van der Waals surface area contributed by atoms with E-state index in [9.17, 15) is 9.90 Å². The Labute approximate surface area is 286 Å². The fourth-order valence-electron chi connectivity index (χ4n) is 5.53. The summed E-state index contributed by atoms with van der Waals surface area (Å²) in [7, 11) is 1.50. The van der Waals surface area contributed by atoms with Gasteiger partial charge in [0.25, 0.3) is 0 Å². The van der Waals surface area contributed by atoms with E-state index in [0.29, 0.717) is 22.1 Å². The molecule has 0 aliphatic carbocycles. The largest absolute Gasteiger partial charge is 0.508 e. The maximum Gasteiger partial charge on any atom is 0.244 e. The first-order valence-electron chi connectivity index (χ1n) is 15.8. The molecule has 2 atom stereocenters. The van der Waals surface area contributed by atoms with Gasteiger partial charge in [-0.3, -0.25) is 4.79 Å². The highest BCUT2D eigenvalue weighted by atomic mass is 35.5. The Morgan fingerprint density at radius 3 is 2.65 bits per heavy atom.